The van der Waals surface area contributed by atoms with E-state index in [0.717, 1.165) is 24.1 Å². The summed E-state index contributed by atoms with van der Waals surface area (Å²) in [6.07, 6.45) is 2.10. The molecule has 1 fully saturated rings. The summed E-state index contributed by atoms with van der Waals surface area (Å²) in [6.45, 7) is 4.52. The van der Waals surface area contributed by atoms with Crippen molar-refractivity contribution in [2.24, 2.45) is 5.73 Å². The van der Waals surface area contributed by atoms with E-state index < -0.39 is 0 Å². The Kier molecular flexibility index (Phi) is 5.73. The molecular formula is C16H24N2O3. The topological polar surface area (TPSA) is 73.6 Å². The summed E-state index contributed by atoms with van der Waals surface area (Å²) in [5, 5.41) is 2.85. The first-order valence-corrected chi connectivity index (χ1v) is 7.43. The first kappa shape index (κ1) is 15.9. The van der Waals surface area contributed by atoms with Crippen LogP contribution in [-0.2, 0) is 20.8 Å². The van der Waals surface area contributed by atoms with E-state index in [2.05, 4.69) is 5.32 Å². The van der Waals surface area contributed by atoms with Crippen LogP contribution in [0.2, 0.25) is 0 Å². The molecule has 5 nitrogen and oxygen atoms in total. The van der Waals surface area contributed by atoms with Crippen molar-refractivity contribution < 1.29 is 14.3 Å². The highest BCUT2D eigenvalue weighted by Gasteiger charge is 2.25. The number of nitrogens with one attached hydrogen (secondary N) is 1. The molecule has 1 saturated heterocycles. The van der Waals surface area contributed by atoms with Gasteiger partial charge in [0.15, 0.2) is 0 Å². The van der Waals surface area contributed by atoms with Crippen LogP contribution >= 0.6 is 0 Å². The van der Waals surface area contributed by atoms with Gasteiger partial charge in [-0.1, -0.05) is 18.2 Å². The smallest absolute Gasteiger partial charge is 0.250 e. The van der Waals surface area contributed by atoms with Gasteiger partial charge < -0.3 is 20.5 Å². The summed E-state index contributed by atoms with van der Waals surface area (Å²) in [4.78, 5) is 12.0. The van der Waals surface area contributed by atoms with E-state index in [9.17, 15) is 4.79 Å². The third kappa shape index (κ3) is 4.81. The predicted octanol–water partition coefficient (Wildman–Crippen LogP) is 2.06. The molecule has 2 unspecified atom stereocenters. The number of ether oxygens (including phenoxy) is 2. The summed E-state index contributed by atoms with van der Waals surface area (Å²) >= 11 is 0. The SMILES string of the molecule is CC1CC(OCC(=O)Nc2ccccc2CN)CC(C)O1. The molecule has 0 aliphatic carbocycles. The number of hydrogen-bond acceptors (Lipinski definition) is 4. The van der Waals surface area contributed by atoms with Gasteiger partial charge in [-0.05, 0) is 38.3 Å². The molecule has 3 N–H and O–H groups in total. The minimum absolute atomic E-state index is 0.0585. The van der Waals surface area contributed by atoms with Crippen molar-refractivity contribution in [3.8, 4) is 0 Å². The summed E-state index contributed by atoms with van der Waals surface area (Å²) < 4.78 is 11.4. The second-order valence-corrected chi connectivity index (χ2v) is 5.57. The lowest BCUT2D eigenvalue weighted by molar-refractivity contribution is -0.131. The number of rotatable bonds is 5. The predicted molar refractivity (Wildman–Crippen MR) is 81.9 cm³/mol. The zero-order valence-corrected chi connectivity index (χ0v) is 12.7. The molecule has 0 bridgehead atoms. The van der Waals surface area contributed by atoms with Crippen LogP contribution in [0.25, 0.3) is 0 Å². The molecular weight excluding hydrogens is 268 g/mol. The quantitative estimate of drug-likeness (QED) is 0.871. The number of nitrogens with two attached hydrogens (primary N) is 1. The van der Waals surface area contributed by atoms with E-state index in [1.54, 1.807) is 0 Å². The Bertz CT molecular complexity index is 468. The Balaban J connectivity index is 1.82. The highest BCUT2D eigenvalue weighted by molar-refractivity contribution is 5.92. The average molecular weight is 292 g/mol. The largest absolute Gasteiger partial charge is 0.375 e. The molecule has 1 amide bonds. The fraction of sp³-hybridized carbons (Fsp3) is 0.562. The molecule has 0 saturated carbocycles. The van der Waals surface area contributed by atoms with E-state index in [0.29, 0.717) is 6.54 Å². The van der Waals surface area contributed by atoms with Gasteiger partial charge >= 0.3 is 0 Å². The number of benzene rings is 1. The van der Waals surface area contributed by atoms with Crippen molar-refractivity contribution in [1.82, 2.24) is 0 Å². The second-order valence-electron chi connectivity index (χ2n) is 5.57. The van der Waals surface area contributed by atoms with Gasteiger partial charge in [0.1, 0.15) is 6.61 Å². The van der Waals surface area contributed by atoms with Gasteiger partial charge in [-0.3, -0.25) is 4.79 Å². The molecule has 116 valence electrons. The van der Waals surface area contributed by atoms with E-state index in [1.165, 1.54) is 0 Å². The van der Waals surface area contributed by atoms with Crippen LogP contribution in [-0.4, -0.2) is 30.8 Å². The van der Waals surface area contributed by atoms with Crippen molar-refractivity contribution in [1.29, 1.82) is 0 Å². The summed E-state index contributed by atoms with van der Waals surface area (Å²) in [5.41, 5.74) is 7.32. The molecule has 1 aromatic carbocycles. The van der Waals surface area contributed by atoms with Crippen LogP contribution in [0.4, 0.5) is 5.69 Å². The lowest BCUT2D eigenvalue weighted by Gasteiger charge is -2.31. The highest BCUT2D eigenvalue weighted by atomic mass is 16.5. The summed E-state index contributed by atoms with van der Waals surface area (Å²) in [6, 6.07) is 7.52. The number of para-hydroxylation sites is 1. The standard InChI is InChI=1S/C16H24N2O3/c1-11-7-14(8-12(2)21-11)20-10-16(19)18-15-6-4-3-5-13(15)9-17/h3-6,11-12,14H,7-10,17H2,1-2H3,(H,18,19). The number of amides is 1. The number of carbonyl (C=O) groups excluding carboxylic acids is 1. The molecule has 2 rings (SSSR count). The maximum atomic E-state index is 12.0. The van der Waals surface area contributed by atoms with E-state index >= 15 is 0 Å². The van der Waals surface area contributed by atoms with Gasteiger partial charge in [0, 0.05) is 12.2 Å². The van der Waals surface area contributed by atoms with Gasteiger partial charge in [-0.25, -0.2) is 0 Å². The number of anilines is 1. The van der Waals surface area contributed by atoms with Crippen molar-refractivity contribution in [2.75, 3.05) is 11.9 Å². The van der Waals surface area contributed by atoms with Crippen molar-refractivity contribution in [2.45, 2.75) is 51.5 Å². The normalized spacial score (nSPS) is 25.6. The monoisotopic (exact) mass is 292 g/mol. The van der Waals surface area contributed by atoms with Crippen LogP contribution in [0.3, 0.4) is 0 Å². The van der Waals surface area contributed by atoms with Gasteiger partial charge in [0.2, 0.25) is 5.91 Å². The molecule has 1 aromatic rings. The van der Waals surface area contributed by atoms with Crippen molar-refractivity contribution in [3.05, 3.63) is 29.8 Å². The minimum Gasteiger partial charge on any atom is -0.375 e. The van der Waals surface area contributed by atoms with Crippen LogP contribution in [0.5, 0.6) is 0 Å². The molecule has 2 atom stereocenters. The Hall–Kier alpha value is -1.43. The molecule has 21 heavy (non-hydrogen) atoms. The van der Waals surface area contributed by atoms with E-state index in [-0.39, 0.29) is 30.8 Å². The van der Waals surface area contributed by atoms with Gasteiger partial charge in [-0.2, -0.15) is 0 Å². The maximum Gasteiger partial charge on any atom is 0.250 e. The first-order valence-electron chi connectivity index (χ1n) is 7.43. The minimum atomic E-state index is -0.150. The Labute approximate surface area is 125 Å². The molecule has 1 heterocycles. The lowest BCUT2D eigenvalue weighted by Crippen LogP contribution is -2.35. The van der Waals surface area contributed by atoms with E-state index in [1.807, 2.05) is 38.1 Å². The van der Waals surface area contributed by atoms with Crippen LogP contribution in [0, 0.1) is 0 Å². The van der Waals surface area contributed by atoms with Crippen molar-refractivity contribution in [3.63, 3.8) is 0 Å². The van der Waals surface area contributed by atoms with Crippen LogP contribution < -0.4 is 11.1 Å². The molecule has 0 radical (unpaired) electrons. The highest BCUT2D eigenvalue weighted by Crippen LogP contribution is 2.21. The molecule has 1 aliphatic rings. The molecule has 0 aromatic heterocycles. The van der Waals surface area contributed by atoms with Gasteiger partial charge in [-0.15, -0.1) is 0 Å². The Morgan fingerprint density at radius 3 is 2.67 bits per heavy atom. The molecule has 1 aliphatic heterocycles. The van der Waals surface area contributed by atoms with Gasteiger partial charge in [0.05, 0.1) is 18.3 Å². The summed E-state index contributed by atoms with van der Waals surface area (Å²) in [7, 11) is 0. The molecule has 0 spiro atoms. The zero-order chi connectivity index (χ0) is 15.2. The fourth-order valence-corrected chi connectivity index (χ4v) is 2.68. The van der Waals surface area contributed by atoms with Gasteiger partial charge in [0.25, 0.3) is 0 Å². The Morgan fingerprint density at radius 2 is 2.00 bits per heavy atom. The molecule has 5 heteroatoms. The second kappa shape index (κ2) is 7.54. The third-order valence-corrected chi connectivity index (χ3v) is 3.62. The van der Waals surface area contributed by atoms with Crippen LogP contribution in [0.15, 0.2) is 24.3 Å². The Morgan fingerprint density at radius 1 is 1.33 bits per heavy atom. The maximum absolute atomic E-state index is 12.0. The van der Waals surface area contributed by atoms with Crippen LogP contribution in [0.1, 0.15) is 32.3 Å². The third-order valence-electron chi connectivity index (χ3n) is 3.62. The summed E-state index contributed by atoms with van der Waals surface area (Å²) in [5.74, 6) is -0.150. The number of hydrogen-bond donors (Lipinski definition) is 2. The lowest BCUT2D eigenvalue weighted by atomic mass is 10.0. The van der Waals surface area contributed by atoms with E-state index in [4.69, 9.17) is 15.2 Å². The average Bonchev–Trinajstić information content (AvgIpc) is 2.45. The fourth-order valence-electron chi connectivity index (χ4n) is 2.68. The zero-order valence-electron chi connectivity index (χ0n) is 12.7. The number of carbonyl (C=O) groups is 1. The van der Waals surface area contributed by atoms with Crippen molar-refractivity contribution >= 4 is 11.6 Å². The first-order chi connectivity index (χ1) is 10.1.